The minimum atomic E-state index is -0.109. The highest BCUT2D eigenvalue weighted by Gasteiger charge is 2.54. The molecule has 5 aliphatic rings. The van der Waals surface area contributed by atoms with Crippen molar-refractivity contribution in [2.75, 3.05) is 39.8 Å². The molecule has 0 aromatic heterocycles. The number of hydrogen-bond acceptors (Lipinski definition) is 6. The fraction of sp³-hybridized carbons (Fsp3) is 0.526. The van der Waals surface area contributed by atoms with Gasteiger partial charge in [0.1, 0.15) is 0 Å². The lowest BCUT2D eigenvalue weighted by Crippen LogP contribution is -2.54. The highest BCUT2D eigenvalue weighted by atomic mass is 16.7. The average molecular weight is 627 g/mol. The number of benzene rings is 2. The van der Waals surface area contributed by atoms with Crippen LogP contribution in [0.4, 0.5) is 0 Å². The van der Waals surface area contributed by atoms with E-state index >= 15 is 0 Å². The van der Waals surface area contributed by atoms with Crippen LogP contribution in [0, 0.1) is 17.8 Å². The maximum absolute atomic E-state index is 14.3. The van der Waals surface area contributed by atoms with Crippen LogP contribution in [-0.2, 0) is 9.59 Å². The number of ether oxygens (including phenoxy) is 4. The summed E-state index contributed by atoms with van der Waals surface area (Å²) in [4.78, 5) is 31.6. The summed E-state index contributed by atoms with van der Waals surface area (Å²) < 4.78 is 22.3. The minimum Gasteiger partial charge on any atom is -0.454 e. The van der Waals surface area contributed by atoms with Gasteiger partial charge < -0.3 is 28.7 Å². The van der Waals surface area contributed by atoms with Gasteiger partial charge in [-0.25, -0.2) is 0 Å². The van der Waals surface area contributed by atoms with Gasteiger partial charge in [0, 0.05) is 38.0 Å². The lowest BCUT2D eigenvalue weighted by Gasteiger charge is -2.52. The van der Waals surface area contributed by atoms with Crippen LogP contribution in [0.2, 0.25) is 0 Å². The summed E-state index contributed by atoms with van der Waals surface area (Å²) in [6, 6.07) is 12.2. The topological polar surface area (TPSA) is 77.5 Å². The zero-order chi connectivity index (χ0) is 31.3. The number of piperidine rings is 2. The number of allylic oxidation sites excluding steroid dienone is 2. The van der Waals surface area contributed by atoms with Crippen molar-refractivity contribution in [1.29, 1.82) is 0 Å². The standard InChI is InChI=1S/C38H46N2O6/c41-35(39-19-7-3-8-20-39)18-15-30-29(12-6-2-1-5-11-27-13-16-31-33(23-27)45-25-43-31)37(38(42)40-21-9-4-10-22-40)36(30)28-14-17-32-34(24-28)46-26-44-32/h5,11,13-18,23-24,29-30,36-37H,1-4,6-10,12,19-22,25-26H2/b11-5+,18-15-/t29-,30-,36+,37+/m1/s1. The number of likely N-dealkylation sites (tertiary alicyclic amines) is 2. The number of amides is 2. The van der Waals surface area contributed by atoms with Crippen LogP contribution in [0.1, 0.15) is 81.3 Å². The second-order valence-corrected chi connectivity index (χ2v) is 13.3. The van der Waals surface area contributed by atoms with E-state index in [4.69, 9.17) is 18.9 Å². The molecule has 2 aromatic rings. The van der Waals surface area contributed by atoms with Crippen LogP contribution < -0.4 is 18.9 Å². The van der Waals surface area contributed by atoms with Crippen molar-refractivity contribution >= 4 is 17.9 Å². The van der Waals surface area contributed by atoms with E-state index < -0.39 is 0 Å². The molecule has 2 saturated heterocycles. The van der Waals surface area contributed by atoms with Gasteiger partial charge in [-0.2, -0.15) is 0 Å². The molecular formula is C38H46N2O6. The Morgan fingerprint density at radius 1 is 0.739 bits per heavy atom. The predicted molar refractivity (Wildman–Crippen MR) is 176 cm³/mol. The van der Waals surface area contributed by atoms with E-state index in [0.29, 0.717) is 0 Å². The molecule has 0 radical (unpaired) electrons. The summed E-state index contributed by atoms with van der Waals surface area (Å²) >= 11 is 0. The summed E-state index contributed by atoms with van der Waals surface area (Å²) in [5.41, 5.74) is 2.20. The van der Waals surface area contributed by atoms with Gasteiger partial charge in [-0.05, 0) is 111 Å². The Morgan fingerprint density at radius 2 is 1.39 bits per heavy atom. The van der Waals surface area contributed by atoms with Crippen molar-refractivity contribution in [2.45, 2.75) is 70.1 Å². The Balaban J connectivity index is 1.08. The predicted octanol–water partition coefficient (Wildman–Crippen LogP) is 6.94. The molecule has 0 spiro atoms. The molecule has 0 bridgehead atoms. The third-order valence-electron chi connectivity index (χ3n) is 10.5. The molecule has 1 saturated carbocycles. The van der Waals surface area contributed by atoms with Crippen LogP contribution in [0.25, 0.3) is 6.08 Å². The molecule has 3 fully saturated rings. The van der Waals surface area contributed by atoms with E-state index in [1.807, 2.05) is 29.2 Å². The molecule has 0 unspecified atom stereocenters. The van der Waals surface area contributed by atoms with Gasteiger partial charge in [0.05, 0.1) is 0 Å². The second kappa shape index (κ2) is 14.2. The van der Waals surface area contributed by atoms with E-state index in [0.717, 1.165) is 112 Å². The first-order valence-corrected chi connectivity index (χ1v) is 17.4. The molecule has 4 atom stereocenters. The van der Waals surface area contributed by atoms with E-state index in [-0.39, 0.29) is 49.1 Å². The molecule has 8 heteroatoms. The third kappa shape index (κ3) is 6.62. The SMILES string of the molecule is O=C(/C=C\[C@@H]1[C@@H](CCCC/C=C/c2ccc3c(c2)OCO3)[C@H](C(=O)N2CCCCC2)[C@H]1c1ccc2c(c1)OCO2)N1CCCCC1. The van der Waals surface area contributed by atoms with Crippen molar-refractivity contribution in [3.8, 4) is 23.0 Å². The number of fused-ring (bicyclic) bond motifs is 2. The lowest BCUT2D eigenvalue weighted by molar-refractivity contribution is -0.146. The highest BCUT2D eigenvalue weighted by Crippen LogP contribution is 2.57. The van der Waals surface area contributed by atoms with Crippen molar-refractivity contribution in [3.05, 3.63) is 65.8 Å². The largest absolute Gasteiger partial charge is 0.454 e. The zero-order valence-corrected chi connectivity index (χ0v) is 26.7. The highest BCUT2D eigenvalue weighted by molar-refractivity contribution is 5.88. The summed E-state index contributed by atoms with van der Waals surface area (Å²) in [7, 11) is 0. The fourth-order valence-corrected chi connectivity index (χ4v) is 8.00. The third-order valence-corrected chi connectivity index (χ3v) is 10.5. The molecule has 1 aliphatic carbocycles. The molecule has 4 aliphatic heterocycles. The van der Waals surface area contributed by atoms with E-state index in [1.165, 1.54) is 12.8 Å². The second-order valence-electron chi connectivity index (χ2n) is 13.3. The summed E-state index contributed by atoms with van der Waals surface area (Å²) in [5, 5.41) is 0. The quantitative estimate of drug-likeness (QED) is 0.210. The van der Waals surface area contributed by atoms with Gasteiger partial charge in [0.25, 0.3) is 0 Å². The molecule has 2 amide bonds. The van der Waals surface area contributed by atoms with Crippen molar-refractivity contribution in [3.63, 3.8) is 0 Å². The summed E-state index contributed by atoms with van der Waals surface area (Å²) in [6.07, 6.45) is 18.9. The van der Waals surface area contributed by atoms with Crippen molar-refractivity contribution in [2.24, 2.45) is 17.8 Å². The normalized spacial score (nSPS) is 25.3. The van der Waals surface area contributed by atoms with Gasteiger partial charge in [0.15, 0.2) is 23.0 Å². The van der Waals surface area contributed by atoms with Gasteiger partial charge in [-0.3, -0.25) is 9.59 Å². The van der Waals surface area contributed by atoms with Gasteiger partial charge in [-0.1, -0.05) is 36.8 Å². The first-order valence-electron chi connectivity index (χ1n) is 17.4. The Morgan fingerprint density at radius 3 is 2.13 bits per heavy atom. The van der Waals surface area contributed by atoms with Crippen LogP contribution in [0.3, 0.4) is 0 Å². The van der Waals surface area contributed by atoms with Gasteiger partial charge >= 0.3 is 0 Å². The molecule has 2 aromatic carbocycles. The lowest BCUT2D eigenvalue weighted by atomic mass is 9.52. The smallest absolute Gasteiger partial charge is 0.246 e. The fourth-order valence-electron chi connectivity index (χ4n) is 8.00. The molecule has 4 heterocycles. The summed E-state index contributed by atoms with van der Waals surface area (Å²) in [5.74, 6) is 3.66. The Kier molecular flexibility index (Phi) is 9.49. The summed E-state index contributed by atoms with van der Waals surface area (Å²) in [6.45, 7) is 3.85. The average Bonchev–Trinajstić information content (AvgIpc) is 3.77. The number of carbonyl (C=O) groups excluding carboxylic acids is 2. The minimum absolute atomic E-state index is 0.00485. The Hall–Kier alpha value is -3.94. The van der Waals surface area contributed by atoms with Crippen molar-refractivity contribution < 1.29 is 28.5 Å². The first-order chi connectivity index (χ1) is 22.7. The van der Waals surface area contributed by atoms with E-state index in [2.05, 4.69) is 35.3 Å². The number of unbranched alkanes of at least 4 members (excludes halogenated alkanes) is 2. The van der Waals surface area contributed by atoms with Crippen LogP contribution >= 0.6 is 0 Å². The van der Waals surface area contributed by atoms with Crippen molar-refractivity contribution in [1.82, 2.24) is 9.80 Å². The number of hydrogen-bond donors (Lipinski definition) is 0. The van der Waals surface area contributed by atoms with Crippen LogP contribution in [-0.4, -0.2) is 61.4 Å². The molecular weight excluding hydrogens is 580 g/mol. The monoisotopic (exact) mass is 626 g/mol. The first kappa shape index (κ1) is 30.7. The molecule has 46 heavy (non-hydrogen) atoms. The molecule has 7 rings (SSSR count). The maximum atomic E-state index is 14.3. The zero-order valence-electron chi connectivity index (χ0n) is 26.7. The van der Waals surface area contributed by atoms with Gasteiger partial charge in [0.2, 0.25) is 25.4 Å². The van der Waals surface area contributed by atoms with E-state index in [1.54, 1.807) is 6.08 Å². The Bertz CT molecular complexity index is 1460. The van der Waals surface area contributed by atoms with E-state index in [9.17, 15) is 9.59 Å². The number of nitrogens with zero attached hydrogens (tertiary/aromatic N) is 2. The van der Waals surface area contributed by atoms with Crippen LogP contribution in [0.15, 0.2) is 54.6 Å². The molecule has 0 N–H and O–H groups in total. The Labute approximate surface area is 272 Å². The molecule has 244 valence electrons. The maximum Gasteiger partial charge on any atom is 0.246 e. The molecule has 8 nitrogen and oxygen atoms in total. The number of rotatable bonds is 10. The van der Waals surface area contributed by atoms with Gasteiger partial charge in [-0.15, -0.1) is 0 Å². The number of carbonyl (C=O) groups is 2. The van der Waals surface area contributed by atoms with Crippen LogP contribution in [0.5, 0.6) is 23.0 Å².